The van der Waals surface area contributed by atoms with Crippen molar-refractivity contribution >= 4 is 67.1 Å². The zero-order chi connectivity index (χ0) is 24.8. The standard InChI is InChI=1S/C23H19Br2N3O5S/c1-32-17-8-3-12(9-16(17)25)19-15(10-26)22(28-21(30)20(19)23(31)33-2)34-11-18(29)27-14-6-4-13(24)5-7-14/h3-9,19-20H,11H2,1-2H3,(H,27,29)(H,28,30)/t19-,20-/m0/s1. The summed E-state index contributed by atoms with van der Waals surface area (Å²) in [5.41, 5.74) is 1.32. The number of anilines is 1. The van der Waals surface area contributed by atoms with Crippen molar-refractivity contribution in [1.29, 1.82) is 5.26 Å². The Balaban J connectivity index is 1.92. The number of amides is 2. The summed E-state index contributed by atoms with van der Waals surface area (Å²) in [5, 5.41) is 15.6. The Bertz CT molecular complexity index is 1190. The Kier molecular flexibility index (Phi) is 8.77. The molecule has 0 spiro atoms. The molecule has 3 rings (SSSR count). The molecule has 2 aromatic rings. The predicted molar refractivity (Wildman–Crippen MR) is 135 cm³/mol. The van der Waals surface area contributed by atoms with E-state index in [1.54, 1.807) is 42.5 Å². The number of halogens is 2. The van der Waals surface area contributed by atoms with Gasteiger partial charge in [0.15, 0.2) is 0 Å². The molecule has 11 heteroatoms. The minimum atomic E-state index is -1.26. The van der Waals surface area contributed by atoms with Crippen LogP contribution < -0.4 is 15.4 Å². The van der Waals surface area contributed by atoms with Crippen molar-refractivity contribution in [2.75, 3.05) is 25.3 Å². The van der Waals surface area contributed by atoms with Crippen molar-refractivity contribution in [2.24, 2.45) is 5.92 Å². The lowest BCUT2D eigenvalue weighted by molar-refractivity contribution is -0.150. The number of nitrogens with one attached hydrogen (secondary N) is 2. The molecule has 0 radical (unpaired) electrons. The van der Waals surface area contributed by atoms with Crippen molar-refractivity contribution in [2.45, 2.75) is 5.92 Å². The lowest BCUT2D eigenvalue weighted by Crippen LogP contribution is -2.44. The van der Waals surface area contributed by atoms with E-state index in [0.717, 1.165) is 16.2 Å². The van der Waals surface area contributed by atoms with Crippen LogP contribution in [0.1, 0.15) is 11.5 Å². The van der Waals surface area contributed by atoms with Crippen LogP contribution in [-0.2, 0) is 19.1 Å². The van der Waals surface area contributed by atoms with Crippen LogP contribution in [0, 0.1) is 17.2 Å². The number of hydrogen-bond acceptors (Lipinski definition) is 7. The number of thioether (sulfide) groups is 1. The van der Waals surface area contributed by atoms with Crippen LogP contribution in [0.5, 0.6) is 5.75 Å². The van der Waals surface area contributed by atoms with Crippen LogP contribution >= 0.6 is 43.6 Å². The summed E-state index contributed by atoms with van der Waals surface area (Å²) < 4.78 is 11.6. The first-order valence-corrected chi connectivity index (χ1v) is 12.4. The highest BCUT2D eigenvalue weighted by Crippen LogP contribution is 2.42. The van der Waals surface area contributed by atoms with Crippen molar-refractivity contribution in [1.82, 2.24) is 5.32 Å². The summed E-state index contributed by atoms with van der Waals surface area (Å²) in [6.07, 6.45) is 0. The minimum absolute atomic E-state index is 0.0568. The normalized spacial score (nSPS) is 17.4. The van der Waals surface area contributed by atoms with Crippen LogP contribution in [-0.4, -0.2) is 37.8 Å². The molecule has 0 saturated heterocycles. The van der Waals surface area contributed by atoms with Gasteiger partial charge in [-0.15, -0.1) is 0 Å². The van der Waals surface area contributed by atoms with Gasteiger partial charge in [0.25, 0.3) is 0 Å². The van der Waals surface area contributed by atoms with Crippen molar-refractivity contribution in [3.63, 3.8) is 0 Å². The molecular weight excluding hydrogens is 590 g/mol. The molecule has 2 aromatic carbocycles. The third-order valence-corrected chi connectivity index (χ3v) is 7.16. The zero-order valence-corrected chi connectivity index (χ0v) is 22.0. The van der Waals surface area contributed by atoms with E-state index in [2.05, 4.69) is 48.6 Å². The number of carbonyl (C=O) groups is 3. The summed E-state index contributed by atoms with van der Waals surface area (Å²) in [6.45, 7) is 0. The SMILES string of the molecule is COC(=O)[C@@H]1C(=O)NC(SCC(=O)Nc2ccc(Br)cc2)=C(C#N)[C@@H]1c1ccc(OC)c(Br)c1. The van der Waals surface area contributed by atoms with E-state index in [0.29, 0.717) is 21.5 Å². The van der Waals surface area contributed by atoms with Crippen LogP contribution in [0.15, 0.2) is 62.0 Å². The van der Waals surface area contributed by atoms with Crippen molar-refractivity contribution in [3.05, 3.63) is 67.6 Å². The quantitative estimate of drug-likeness (QED) is 0.355. The van der Waals surface area contributed by atoms with E-state index in [1.165, 1.54) is 14.2 Å². The Morgan fingerprint density at radius 1 is 1.18 bits per heavy atom. The number of benzene rings is 2. The Hall–Kier alpha value is -2.81. The van der Waals surface area contributed by atoms with E-state index in [9.17, 15) is 19.6 Å². The summed E-state index contributed by atoms with van der Waals surface area (Å²) in [4.78, 5) is 37.9. The van der Waals surface area contributed by atoms with Gasteiger partial charge in [-0.25, -0.2) is 0 Å². The monoisotopic (exact) mass is 607 g/mol. The molecule has 1 heterocycles. The first kappa shape index (κ1) is 25.8. The maximum atomic E-state index is 12.9. The van der Waals surface area contributed by atoms with Gasteiger partial charge in [0.2, 0.25) is 11.8 Å². The van der Waals surface area contributed by atoms with E-state index in [4.69, 9.17) is 9.47 Å². The molecule has 1 aliphatic rings. The summed E-state index contributed by atoms with van der Waals surface area (Å²) in [5.74, 6) is -3.35. The molecule has 0 fully saturated rings. The number of esters is 1. The molecule has 0 aromatic heterocycles. The second-order valence-electron chi connectivity index (χ2n) is 7.06. The molecule has 2 atom stereocenters. The molecule has 34 heavy (non-hydrogen) atoms. The van der Waals surface area contributed by atoms with Gasteiger partial charge < -0.3 is 20.1 Å². The van der Waals surface area contributed by atoms with Crippen LogP contribution in [0.25, 0.3) is 0 Å². The van der Waals surface area contributed by atoms with Crippen LogP contribution in [0.3, 0.4) is 0 Å². The maximum Gasteiger partial charge on any atom is 0.319 e. The van der Waals surface area contributed by atoms with Gasteiger partial charge >= 0.3 is 5.97 Å². The molecule has 2 N–H and O–H groups in total. The van der Waals surface area contributed by atoms with Gasteiger partial charge in [0.05, 0.1) is 41.1 Å². The Labute approximate surface area is 217 Å². The second kappa shape index (κ2) is 11.6. The first-order valence-electron chi connectivity index (χ1n) is 9.83. The minimum Gasteiger partial charge on any atom is -0.496 e. The van der Waals surface area contributed by atoms with E-state index < -0.39 is 23.7 Å². The average molecular weight is 609 g/mol. The van der Waals surface area contributed by atoms with Gasteiger partial charge in [-0.2, -0.15) is 5.26 Å². The average Bonchev–Trinajstić information content (AvgIpc) is 2.83. The fourth-order valence-corrected chi connectivity index (χ4v) is 5.09. The smallest absolute Gasteiger partial charge is 0.319 e. The highest BCUT2D eigenvalue weighted by Gasteiger charge is 2.44. The number of hydrogen-bond donors (Lipinski definition) is 2. The van der Waals surface area contributed by atoms with Gasteiger partial charge in [0, 0.05) is 16.1 Å². The highest BCUT2D eigenvalue weighted by atomic mass is 79.9. The van der Waals surface area contributed by atoms with Crippen LogP contribution in [0.4, 0.5) is 5.69 Å². The van der Waals surface area contributed by atoms with Gasteiger partial charge in [-0.3, -0.25) is 14.4 Å². The number of methoxy groups -OCH3 is 2. The number of nitriles is 1. The lowest BCUT2D eigenvalue weighted by atomic mass is 9.78. The van der Waals surface area contributed by atoms with Crippen LogP contribution in [0.2, 0.25) is 0 Å². The number of ether oxygens (including phenoxy) is 2. The van der Waals surface area contributed by atoms with Crippen molar-refractivity contribution < 1.29 is 23.9 Å². The molecule has 0 saturated carbocycles. The van der Waals surface area contributed by atoms with Crippen molar-refractivity contribution in [3.8, 4) is 11.8 Å². The third-order valence-electron chi connectivity index (χ3n) is 4.99. The largest absolute Gasteiger partial charge is 0.496 e. The zero-order valence-electron chi connectivity index (χ0n) is 18.1. The van der Waals surface area contributed by atoms with E-state index >= 15 is 0 Å². The molecular formula is C23H19Br2N3O5S. The molecule has 0 bridgehead atoms. The van der Waals surface area contributed by atoms with Gasteiger partial charge in [-0.1, -0.05) is 33.8 Å². The first-order chi connectivity index (χ1) is 16.3. The van der Waals surface area contributed by atoms with Gasteiger partial charge in [0.1, 0.15) is 11.7 Å². The lowest BCUT2D eigenvalue weighted by Gasteiger charge is -2.31. The summed E-state index contributed by atoms with van der Waals surface area (Å²) in [6, 6.07) is 14.2. The molecule has 2 amide bonds. The Morgan fingerprint density at radius 2 is 1.88 bits per heavy atom. The molecule has 176 valence electrons. The summed E-state index contributed by atoms with van der Waals surface area (Å²) >= 11 is 7.75. The number of allylic oxidation sites excluding steroid dienone is 1. The molecule has 0 aliphatic carbocycles. The predicted octanol–water partition coefficient (Wildman–Crippen LogP) is 4.33. The fraction of sp³-hybridized carbons (Fsp3) is 0.217. The maximum absolute atomic E-state index is 12.9. The number of rotatable bonds is 7. The number of nitrogens with zero attached hydrogens (tertiary/aromatic N) is 1. The summed E-state index contributed by atoms with van der Waals surface area (Å²) in [7, 11) is 2.70. The third kappa shape index (κ3) is 5.81. The van der Waals surface area contributed by atoms with E-state index in [-0.39, 0.29) is 22.3 Å². The molecule has 8 nitrogen and oxygen atoms in total. The second-order valence-corrected chi connectivity index (χ2v) is 9.82. The molecule has 0 unspecified atom stereocenters. The molecule has 1 aliphatic heterocycles. The topological polar surface area (TPSA) is 118 Å². The van der Waals surface area contributed by atoms with E-state index in [1.807, 2.05) is 0 Å². The van der Waals surface area contributed by atoms with Gasteiger partial charge in [-0.05, 0) is 57.9 Å². The number of carbonyl (C=O) groups excluding carboxylic acids is 3. The Morgan fingerprint density at radius 3 is 2.47 bits per heavy atom. The fourth-order valence-electron chi connectivity index (χ4n) is 3.42. The highest BCUT2D eigenvalue weighted by molar-refractivity contribution is 9.10.